The number of aromatic nitrogens is 3. The van der Waals surface area contributed by atoms with Crippen LogP contribution < -0.4 is 15.8 Å². The van der Waals surface area contributed by atoms with Gasteiger partial charge in [-0.15, -0.1) is 0 Å². The van der Waals surface area contributed by atoms with Crippen LogP contribution in [0.3, 0.4) is 0 Å². The van der Waals surface area contributed by atoms with Gasteiger partial charge in [0, 0.05) is 49.0 Å². The minimum atomic E-state index is -0.380. The van der Waals surface area contributed by atoms with Gasteiger partial charge in [0.25, 0.3) is 11.5 Å². The van der Waals surface area contributed by atoms with Gasteiger partial charge in [-0.2, -0.15) is 0 Å². The van der Waals surface area contributed by atoms with Gasteiger partial charge in [-0.1, -0.05) is 0 Å². The standard InChI is InChI=1S/C20H27ClN6O2/c1-11-8-12(2)23-18(28)15(11)9-22-19(29)16-14(4)17(25-20(21)24-16)27-7-6-26(5)10-13(27)3/h8,13H,6-7,9-10H2,1-5H3,(H,22,29)(H,23,28). The molecule has 1 unspecified atom stereocenters. The number of rotatable bonds is 4. The van der Waals surface area contributed by atoms with E-state index >= 15 is 0 Å². The molecule has 0 spiro atoms. The second-order valence-electron chi connectivity index (χ2n) is 7.72. The monoisotopic (exact) mass is 418 g/mol. The highest BCUT2D eigenvalue weighted by molar-refractivity contribution is 6.28. The van der Waals surface area contributed by atoms with E-state index < -0.39 is 0 Å². The molecule has 2 aromatic heterocycles. The topological polar surface area (TPSA) is 94.2 Å². The molecule has 1 saturated heterocycles. The third-order valence-corrected chi connectivity index (χ3v) is 5.50. The number of anilines is 1. The molecule has 2 aromatic rings. The molecule has 1 atom stereocenters. The van der Waals surface area contributed by atoms with Crippen molar-refractivity contribution in [2.24, 2.45) is 0 Å². The first-order chi connectivity index (χ1) is 13.7. The van der Waals surface area contributed by atoms with Gasteiger partial charge in [0.15, 0.2) is 0 Å². The number of piperazine rings is 1. The summed E-state index contributed by atoms with van der Waals surface area (Å²) >= 11 is 6.15. The molecule has 1 aliphatic rings. The van der Waals surface area contributed by atoms with E-state index in [4.69, 9.17) is 11.6 Å². The Kier molecular flexibility index (Phi) is 6.24. The molecule has 3 rings (SSSR count). The number of hydrogen-bond donors (Lipinski definition) is 2. The molecular weight excluding hydrogens is 392 g/mol. The van der Waals surface area contributed by atoms with Crippen molar-refractivity contribution in [3.05, 3.63) is 49.8 Å². The maximum Gasteiger partial charge on any atom is 0.270 e. The Labute approximate surface area is 175 Å². The van der Waals surface area contributed by atoms with Crippen molar-refractivity contribution in [2.75, 3.05) is 31.6 Å². The van der Waals surface area contributed by atoms with Crippen molar-refractivity contribution in [1.82, 2.24) is 25.2 Å². The minimum absolute atomic E-state index is 0.0336. The second kappa shape index (κ2) is 8.51. The lowest BCUT2D eigenvalue weighted by molar-refractivity contribution is 0.0945. The Hall–Kier alpha value is -2.45. The zero-order valence-electron chi connectivity index (χ0n) is 17.5. The van der Waals surface area contributed by atoms with Gasteiger partial charge in [0.1, 0.15) is 11.5 Å². The minimum Gasteiger partial charge on any atom is -0.351 e. The zero-order valence-corrected chi connectivity index (χ0v) is 18.2. The molecule has 2 N–H and O–H groups in total. The molecule has 1 fully saturated rings. The Bertz CT molecular complexity index is 990. The summed E-state index contributed by atoms with van der Waals surface area (Å²) in [6, 6.07) is 2.12. The van der Waals surface area contributed by atoms with Gasteiger partial charge < -0.3 is 20.1 Å². The number of aryl methyl sites for hydroxylation is 2. The molecule has 29 heavy (non-hydrogen) atoms. The summed E-state index contributed by atoms with van der Waals surface area (Å²) in [5, 5.41) is 2.83. The summed E-state index contributed by atoms with van der Waals surface area (Å²) in [5.41, 5.74) is 2.84. The molecule has 8 nitrogen and oxygen atoms in total. The maximum absolute atomic E-state index is 12.9. The molecule has 1 amide bonds. The van der Waals surface area contributed by atoms with Crippen LogP contribution in [-0.2, 0) is 6.54 Å². The average Bonchev–Trinajstić information content (AvgIpc) is 2.62. The number of pyridine rings is 1. The number of carbonyl (C=O) groups is 1. The maximum atomic E-state index is 12.9. The molecular formula is C20H27ClN6O2. The summed E-state index contributed by atoms with van der Waals surface area (Å²) in [6.45, 7) is 10.3. The second-order valence-corrected chi connectivity index (χ2v) is 8.06. The average molecular weight is 419 g/mol. The number of aromatic amines is 1. The van der Waals surface area contributed by atoms with E-state index in [1.165, 1.54) is 0 Å². The van der Waals surface area contributed by atoms with Crippen molar-refractivity contribution < 1.29 is 4.79 Å². The van der Waals surface area contributed by atoms with E-state index in [1.54, 1.807) is 0 Å². The summed E-state index contributed by atoms with van der Waals surface area (Å²) in [4.78, 5) is 40.8. The lowest BCUT2D eigenvalue weighted by Crippen LogP contribution is -2.51. The quantitative estimate of drug-likeness (QED) is 0.735. The molecule has 0 aliphatic carbocycles. The molecule has 9 heteroatoms. The van der Waals surface area contributed by atoms with Gasteiger partial charge in [-0.25, -0.2) is 9.97 Å². The molecule has 0 aromatic carbocycles. The normalized spacial score (nSPS) is 17.4. The number of hydrogen-bond acceptors (Lipinski definition) is 6. The first-order valence-corrected chi connectivity index (χ1v) is 10.0. The highest BCUT2D eigenvalue weighted by atomic mass is 35.5. The summed E-state index contributed by atoms with van der Waals surface area (Å²) in [6.07, 6.45) is 0. The number of nitrogens with one attached hydrogen (secondary N) is 2. The predicted molar refractivity (Wildman–Crippen MR) is 114 cm³/mol. The van der Waals surface area contributed by atoms with E-state index in [9.17, 15) is 9.59 Å². The van der Waals surface area contributed by atoms with Gasteiger partial charge in [-0.05, 0) is 58.0 Å². The Morgan fingerprint density at radius 1 is 1.31 bits per heavy atom. The van der Waals surface area contributed by atoms with Crippen LogP contribution in [0.15, 0.2) is 10.9 Å². The number of nitrogens with zero attached hydrogens (tertiary/aromatic N) is 4. The smallest absolute Gasteiger partial charge is 0.270 e. The largest absolute Gasteiger partial charge is 0.351 e. The van der Waals surface area contributed by atoms with Gasteiger partial charge >= 0.3 is 0 Å². The van der Waals surface area contributed by atoms with E-state index in [-0.39, 0.29) is 35.0 Å². The van der Waals surface area contributed by atoms with Crippen molar-refractivity contribution >= 4 is 23.3 Å². The van der Waals surface area contributed by atoms with Crippen LogP contribution in [0.5, 0.6) is 0 Å². The number of amides is 1. The van der Waals surface area contributed by atoms with E-state index in [1.807, 2.05) is 26.8 Å². The van der Waals surface area contributed by atoms with Gasteiger partial charge in [0.05, 0.1) is 0 Å². The predicted octanol–water partition coefficient (Wildman–Crippen LogP) is 1.81. The summed E-state index contributed by atoms with van der Waals surface area (Å²) in [5.74, 6) is 0.300. The van der Waals surface area contributed by atoms with Crippen molar-refractivity contribution in [2.45, 2.75) is 40.3 Å². The fraction of sp³-hybridized carbons (Fsp3) is 0.500. The van der Waals surface area contributed by atoms with E-state index in [0.29, 0.717) is 16.9 Å². The first-order valence-electron chi connectivity index (χ1n) is 9.64. The molecule has 0 radical (unpaired) electrons. The van der Waals surface area contributed by atoms with E-state index in [0.717, 1.165) is 30.9 Å². The van der Waals surface area contributed by atoms with Gasteiger partial charge in [0.2, 0.25) is 5.28 Å². The SMILES string of the molecule is Cc1cc(C)c(CNC(=O)c2nc(Cl)nc(N3CCN(C)CC3C)c2C)c(=O)[nH]1. The first kappa shape index (κ1) is 21.3. The molecule has 0 saturated carbocycles. The Balaban J connectivity index is 1.84. The van der Waals surface area contributed by atoms with Crippen LogP contribution in [0.1, 0.15) is 39.8 Å². The van der Waals surface area contributed by atoms with Gasteiger partial charge in [-0.3, -0.25) is 9.59 Å². The highest BCUT2D eigenvalue weighted by Crippen LogP contribution is 2.25. The molecule has 1 aliphatic heterocycles. The van der Waals surface area contributed by atoms with Crippen LogP contribution in [0.2, 0.25) is 5.28 Å². The van der Waals surface area contributed by atoms with Crippen LogP contribution in [0, 0.1) is 20.8 Å². The van der Waals surface area contributed by atoms with Crippen LogP contribution in [0.4, 0.5) is 5.82 Å². The van der Waals surface area contributed by atoms with Crippen LogP contribution in [-0.4, -0.2) is 58.5 Å². The van der Waals surface area contributed by atoms with Crippen molar-refractivity contribution in [3.63, 3.8) is 0 Å². The van der Waals surface area contributed by atoms with Crippen molar-refractivity contribution in [1.29, 1.82) is 0 Å². The number of carbonyl (C=O) groups excluding carboxylic acids is 1. The number of likely N-dealkylation sites (N-methyl/N-ethyl adjacent to an activating group) is 1. The molecule has 156 valence electrons. The summed E-state index contributed by atoms with van der Waals surface area (Å²) < 4.78 is 0. The fourth-order valence-corrected chi connectivity index (χ4v) is 3.95. The van der Waals surface area contributed by atoms with Crippen LogP contribution in [0.25, 0.3) is 0 Å². The number of halogens is 1. The van der Waals surface area contributed by atoms with E-state index in [2.05, 4.69) is 44.0 Å². The zero-order chi connectivity index (χ0) is 21.3. The molecule has 0 bridgehead atoms. The Morgan fingerprint density at radius 3 is 2.69 bits per heavy atom. The highest BCUT2D eigenvalue weighted by Gasteiger charge is 2.27. The molecule has 3 heterocycles. The summed E-state index contributed by atoms with van der Waals surface area (Å²) in [7, 11) is 2.08. The van der Waals surface area contributed by atoms with Crippen LogP contribution >= 0.6 is 11.6 Å². The third kappa shape index (κ3) is 4.59. The van der Waals surface area contributed by atoms with Crippen molar-refractivity contribution in [3.8, 4) is 0 Å². The lowest BCUT2D eigenvalue weighted by Gasteiger charge is -2.39. The number of H-pyrrole nitrogens is 1. The third-order valence-electron chi connectivity index (χ3n) is 5.33. The Morgan fingerprint density at radius 2 is 2.03 bits per heavy atom. The fourth-order valence-electron chi connectivity index (χ4n) is 3.79. The lowest BCUT2D eigenvalue weighted by atomic mass is 10.1.